The Balaban J connectivity index is 2.20. The van der Waals surface area contributed by atoms with Crippen LogP contribution in [0, 0.1) is 0 Å². The highest BCUT2D eigenvalue weighted by atomic mass is 32.1. The van der Waals surface area contributed by atoms with Crippen LogP contribution in [0.3, 0.4) is 0 Å². The van der Waals surface area contributed by atoms with Crippen molar-refractivity contribution in [3.63, 3.8) is 0 Å². The first kappa shape index (κ1) is 9.35. The number of fused-ring (bicyclic) bond motifs is 5. The molecule has 0 saturated heterocycles. The van der Waals surface area contributed by atoms with Crippen molar-refractivity contribution in [3.8, 4) is 0 Å². The molecule has 17 heavy (non-hydrogen) atoms. The number of thiophene rings is 1. The molecule has 0 saturated carbocycles. The molecule has 2 N–H and O–H groups in total. The Morgan fingerprint density at radius 2 is 2.12 bits per heavy atom. The third-order valence-electron chi connectivity index (χ3n) is 3.39. The van der Waals surface area contributed by atoms with Gasteiger partial charge < -0.3 is 5.73 Å². The zero-order valence-corrected chi connectivity index (χ0v) is 10.00. The number of hydrogen-bond acceptors (Lipinski definition) is 5. The molecule has 0 amide bonds. The second-order valence-electron chi connectivity index (χ2n) is 4.39. The number of nitrogens with zero attached hydrogens (tertiary/aromatic N) is 4. The number of nitrogens with two attached hydrogens (primary N) is 1. The quantitative estimate of drug-likeness (QED) is 0.655. The van der Waals surface area contributed by atoms with Gasteiger partial charge in [-0.05, 0) is 31.2 Å². The second kappa shape index (κ2) is 3.16. The predicted molar refractivity (Wildman–Crippen MR) is 67.2 cm³/mol. The van der Waals surface area contributed by atoms with Crippen molar-refractivity contribution in [1.82, 2.24) is 19.6 Å². The number of hydrogen-bond donors (Lipinski definition) is 1. The molecule has 4 rings (SSSR count). The molecule has 0 atom stereocenters. The minimum atomic E-state index is 0.408. The Kier molecular flexibility index (Phi) is 1.74. The Bertz CT molecular complexity index is 726. The molecule has 5 nitrogen and oxygen atoms in total. The Hall–Kier alpha value is -1.69. The van der Waals surface area contributed by atoms with Crippen LogP contribution in [0.25, 0.3) is 15.9 Å². The van der Waals surface area contributed by atoms with Gasteiger partial charge in [-0.2, -0.15) is 0 Å². The summed E-state index contributed by atoms with van der Waals surface area (Å²) in [5.74, 6) is 0.408. The van der Waals surface area contributed by atoms with Crippen LogP contribution in [-0.2, 0) is 12.8 Å². The summed E-state index contributed by atoms with van der Waals surface area (Å²) in [6.07, 6.45) is 6.55. The molecule has 0 unspecified atom stereocenters. The van der Waals surface area contributed by atoms with Gasteiger partial charge in [-0.15, -0.1) is 21.5 Å². The number of aryl methyl sites for hydroxylation is 2. The van der Waals surface area contributed by atoms with E-state index in [9.17, 15) is 0 Å². The molecule has 0 fully saturated rings. The molecule has 3 heterocycles. The maximum Gasteiger partial charge on any atom is 0.227 e. The van der Waals surface area contributed by atoms with E-state index in [4.69, 9.17) is 5.73 Å². The predicted octanol–water partition coefficient (Wildman–Crippen LogP) is 1.80. The normalized spacial score (nSPS) is 15.5. The lowest BCUT2D eigenvalue weighted by Crippen LogP contribution is -1.99. The summed E-state index contributed by atoms with van der Waals surface area (Å²) < 4.78 is 1.77. The van der Waals surface area contributed by atoms with E-state index in [2.05, 4.69) is 15.2 Å². The average Bonchev–Trinajstić information content (AvgIpc) is 2.90. The molecule has 1 aliphatic carbocycles. The van der Waals surface area contributed by atoms with Crippen molar-refractivity contribution < 1.29 is 0 Å². The van der Waals surface area contributed by atoms with Gasteiger partial charge in [0.1, 0.15) is 11.2 Å². The molecular weight excluding hydrogens is 234 g/mol. The summed E-state index contributed by atoms with van der Waals surface area (Å²) in [6, 6.07) is 0. The molecule has 86 valence electrons. The van der Waals surface area contributed by atoms with Crippen LogP contribution in [0.4, 0.5) is 5.95 Å². The number of nitrogen functional groups attached to an aromatic ring is 1. The summed E-state index contributed by atoms with van der Waals surface area (Å²) >= 11 is 1.79. The lowest BCUT2D eigenvalue weighted by molar-refractivity contribution is 0.700. The molecule has 1 aliphatic rings. The van der Waals surface area contributed by atoms with Crippen LogP contribution in [0.15, 0.2) is 6.33 Å². The molecule has 0 radical (unpaired) electrons. The second-order valence-corrected chi connectivity index (χ2v) is 5.47. The number of aromatic nitrogens is 4. The highest BCUT2D eigenvalue weighted by Crippen LogP contribution is 2.36. The van der Waals surface area contributed by atoms with E-state index in [0.29, 0.717) is 5.95 Å². The largest absolute Gasteiger partial charge is 0.368 e. The molecule has 0 aromatic carbocycles. The fraction of sp³-hybridized carbons (Fsp3) is 0.364. The zero-order chi connectivity index (χ0) is 11.4. The number of anilines is 1. The monoisotopic (exact) mass is 245 g/mol. The number of rotatable bonds is 0. The lowest BCUT2D eigenvalue weighted by atomic mass is 9.97. The maximum absolute atomic E-state index is 5.76. The standard InChI is InChI=1S/C11H11N5S/c12-11-15-14-9-8-6-3-1-2-4-7(6)17-10(8)13-5-16(9)11/h5H,1-4H2,(H2,12,15). The van der Waals surface area contributed by atoms with Gasteiger partial charge in [0, 0.05) is 4.88 Å². The summed E-state index contributed by atoms with van der Waals surface area (Å²) in [7, 11) is 0. The van der Waals surface area contributed by atoms with E-state index < -0.39 is 0 Å². The minimum Gasteiger partial charge on any atom is -0.368 e. The van der Waals surface area contributed by atoms with Gasteiger partial charge in [0.15, 0.2) is 5.65 Å². The molecule has 3 aromatic rings. The highest BCUT2D eigenvalue weighted by Gasteiger charge is 2.20. The Labute approximate surface area is 101 Å². The van der Waals surface area contributed by atoms with E-state index in [1.807, 2.05) is 0 Å². The maximum atomic E-state index is 5.76. The molecular formula is C11H11N5S. The highest BCUT2D eigenvalue weighted by molar-refractivity contribution is 7.19. The SMILES string of the molecule is Nc1nnc2c3c4c(sc3ncn12)CCCC4. The lowest BCUT2D eigenvalue weighted by Gasteiger charge is -2.09. The molecule has 0 bridgehead atoms. The fourth-order valence-electron chi connectivity index (χ4n) is 2.57. The van der Waals surface area contributed by atoms with Gasteiger partial charge >= 0.3 is 0 Å². The summed E-state index contributed by atoms with van der Waals surface area (Å²) in [5, 5.41) is 9.27. The van der Waals surface area contributed by atoms with Crippen molar-refractivity contribution in [2.24, 2.45) is 0 Å². The van der Waals surface area contributed by atoms with Crippen LogP contribution in [0.5, 0.6) is 0 Å². The smallest absolute Gasteiger partial charge is 0.227 e. The summed E-state index contributed by atoms with van der Waals surface area (Å²) in [6.45, 7) is 0. The van der Waals surface area contributed by atoms with Crippen LogP contribution < -0.4 is 5.73 Å². The van der Waals surface area contributed by atoms with Crippen molar-refractivity contribution in [3.05, 3.63) is 16.8 Å². The fourth-order valence-corrected chi connectivity index (χ4v) is 3.79. The van der Waals surface area contributed by atoms with E-state index in [-0.39, 0.29) is 0 Å². The van der Waals surface area contributed by atoms with Gasteiger partial charge in [0.05, 0.1) is 5.39 Å². The average molecular weight is 245 g/mol. The van der Waals surface area contributed by atoms with E-state index in [0.717, 1.165) is 22.3 Å². The Morgan fingerprint density at radius 3 is 3.06 bits per heavy atom. The van der Waals surface area contributed by atoms with Gasteiger partial charge in [-0.25, -0.2) is 4.98 Å². The molecule has 0 aliphatic heterocycles. The van der Waals surface area contributed by atoms with Crippen LogP contribution in [0.2, 0.25) is 0 Å². The third-order valence-corrected chi connectivity index (χ3v) is 4.59. The van der Waals surface area contributed by atoms with Gasteiger partial charge in [0.25, 0.3) is 0 Å². The van der Waals surface area contributed by atoms with Crippen LogP contribution in [0.1, 0.15) is 23.3 Å². The molecule has 6 heteroatoms. The van der Waals surface area contributed by atoms with E-state index >= 15 is 0 Å². The van der Waals surface area contributed by atoms with E-state index in [1.54, 1.807) is 22.1 Å². The van der Waals surface area contributed by atoms with Crippen molar-refractivity contribution >= 4 is 33.1 Å². The topological polar surface area (TPSA) is 69.1 Å². The van der Waals surface area contributed by atoms with Crippen molar-refractivity contribution in [2.45, 2.75) is 25.7 Å². The van der Waals surface area contributed by atoms with Crippen LogP contribution >= 0.6 is 11.3 Å². The van der Waals surface area contributed by atoms with Crippen LogP contribution in [-0.4, -0.2) is 19.6 Å². The summed E-state index contributed by atoms with van der Waals surface area (Å²) in [5.41, 5.74) is 8.04. The van der Waals surface area contributed by atoms with Gasteiger partial charge in [0.2, 0.25) is 5.95 Å². The summed E-state index contributed by atoms with van der Waals surface area (Å²) in [4.78, 5) is 7.00. The molecule has 0 spiro atoms. The Morgan fingerprint density at radius 1 is 1.24 bits per heavy atom. The van der Waals surface area contributed by atoms with Gasteiger partial charge in [-0.1, -0.05) is 0 Å². The first-order chi connectivity index (χ1) is 8.34. The van der Waals surface area contributed by atoms with Crippen molar-refractivity contribution in [1.29, 1.82) is 0 Å². The first-order valence-electron chi connectivity index (χ1n) is 5.74. The van der Waals surface area contributed by atoms with E-state index in [1.165, 1.54) is 29.7 Å². The van der Waals surface area contributed by atoms with Gasteiger partial charge in [-0.3, -0.25) is 4.40 Å². The first-order valence-corrected chi connectivity index (χ1v) is 6.55. The third kappa shape index (κ3) is 1.16. The van der Waals surface area contributed by atoms with Crippen molar-refractivity contribution in [2.75, 3.05) is 5.73 Å². The minimum absolute atomic E-state index is 0.408. The zero-order valence-electron chi connectivity index (χ0n) is 9.18. The molecule has 3 aromatic heterocycles.